The van der Waals surface area contributed by atoms with Gasteiger partial charge in [-0.3, -0.25) is 0 Å². The molecule has 0 heterocycles. The molecule has 0 bridgehead atoms. The van der Waals surface area contributed by atoms with Crippen LogP contribution in [0.2, 0.25) is 0 Å². The third-order valence-electron chi connectivity index (χ3n) is 3.92. The van der Waals surface area contributed by atoms with Gasteiger partial charge < -0.3 is 10.1 Å². The lowest BCUT2D eigenvalue weighted by Gasteiger charge is -2.26. The van der Waals surface area contributed by atoms with Gasteiger partial charge >= 0.3 is 0 Å². The van der Waals surface area contributed by atoms with E-state index in [0.29, 0.717) is 17.9 Å². The van der Waals surface area contributed by atoms with Gasteiger partial charge in [0.1, 0.15) is 0 Å². The maximum Gasteiger partial charge on any atom is 0.0465 e. The average molecular weight is 277 g/mol. The first-order valence-electron chi connectivity index (χ1n) is 7.92. The fourth-order valence-corrected chi connectivity index (χ4v) is 2.51. The highest BCUT2D eigenvalue weighted by atomic mass is 16.5. The van der Waals surface area contributed by atoms with E-state index in [0.717, 1.165) is 26.0 Å². The van der Waals surface area contributed by atoms with Crippen molar-refractivity contribution in [3.8, 4) is 0 Å². The molecule has 1 rings (SSSR count). The van der Waals surface area contributed by atoms with E-state index in [4.69, 9.17) is 4.74 Å². The van der Waals surface area contributed by atoms with E-state index in [1.165, 1.54) is 11.1 Å². The summed E-state index contributed by atoms with van der Waals surface area (Å²) in [5, 5.41) is 3.69. The topological polar surface area (TPSA) is 21.3 Å². The fraction of sp³-hybridized carbons (Fsp3) is 0.667. The van der Waals surface area contributed by atoms with Crippen LogP contribution in [-0.4, -0.2) is 20.3 Å². The smallest absolute Gasteiger partial charge is 0.0465 e. The van der Waals surface area contributed by atoms with Gasteiger partial charge in [0.25, 0.3) is 0 Å². The molecule has 20 heavy (non-hydrogen) atoms. The van der Waals surface area contributed by atoms with Crippen LogP contribution in [0.15, 0.2) is 24.3 Å². The summed E-state index contributed by atoms with van der Waals surface area (Å²) in [6, 6.07) is 9.52. The van der Waals surface area contributed by atoms with Gasteiger partial charge in [0.2, 0.25) is 0 Å². The number of methoxy groups -OCH3 is 1. The number of benzene rings is 1. The minimum Gasteiger partial charge on any atom is -0.385 e. The Morgan fingerprint density at radius 1 is 1.05 bits per heavy atom. The molecule has 0 amide bonds. The number of ether oxygens (including phenoxy) is 1. The zero-order valence-corrected chi connectivity index (χ0v) is 13.8. The zero-order valence-electron chi connectivity index (χ0n) is 13.8. The summed E-state index contributed by atoms with van der Waals surface area (Å²) in [7, 11) is 1.78. The van der Waals surface area contributed by atoms with Crippen molar-refractivity contribution in [3.05, 3.63) is 35.4 Å². The molecule has 1 N–H and O–H groups in total. The van der Waals surface area contributed by atoms with Crippen molar-refractivity contribution < 1.29 is 4.74 Å². The van der Waals surface area contributed by atoms with Gasteiger partial charge in [0.05, 0.1) is 0 Å². The van der Waals surface area contributed by atoms with Gasteiger partial charge in [-0.05, 0) is 42.3 Å². The summed E-state index contributed by atoms with van der Waals surface area (Å²) in [5.74, 6) is 1.17. The lowest BCUT2D eigenvalue weighted by molar-refractivity contribution is 0.170. The second-order valence-corrected chi connectivity index (χ2v) is 6.01. The third-order valence-corrected chi connectivity index (χ3v) is 3.92. The number of rotatable bonds is 9. The summed E-state index contributed by atoms with van der Waals surface area (Å²) < 4.78 is 5.23. The predicted octanol–water partition coefficient (Wildman–Crippen LogP) is 4.52. The molecule has 1 aromatic carbocycles. The molecular formula is C18H31NO. The number of nitrogens with one attached hydrogen (secondary N) is 1. The Kier molecular flexibility index (Phi) is 7.86. The lowest BCUT2D eigenvalue weighted by Crippen LogP contribution is -2.28. The van der Waals surface area contributed by atoms with E-state index in [1.807, 2.05) is 0 Å². The van der Waals surface area contributed by atoms with Crippen LogP contribution in [0, 0.1) is 5.92 Å². The molecule has 2 unspecified atom stereocenters. The highest BCUT2D eigenvalue weighted by molar-refractivity contribution is 5.27. The van der Waals surface area contributed by atoms with E-state index in [2.05, 4.69) is 57.3 Å². The molecule has 0 saturated carbocycles. The second kappa shape index (κ2) is 9.15. The van der Waals surface area contributed by atoms with Crippen LogP contribution in [-0.2, 0) is 4.74 Å². The van der Waals surface area contributed by atoms with Gasteiger partial charge in [0, 0.05) is 19.8 Å². The molecule has 1 aromatic rings. The van der Waals surface area contributed by atoms with Crippen LogP contribution in [0.5, 0.6) is 0 Å². The third kappa shape index (κ3) is 5.26. The normalized spacial score (nSPS) is 14.5. The predicted molar refractivity (Wildman–Crippen MR) is 87.2 cm³/mol. The van der Waals surface area contributed by atoms with E-state index >= 15 is 0 Å². The molecule has 0 aliphatic heterocycles. The first-order chi connectivity index (χ1) is 9.60. The largest absolute Gasteiger partial charge is 0.385 e. The van der Waals surface area contributed by atoms with Gasteiger partial charge in [-0.25, -0.2) is 0 Å². The standard InChI is InChI=1S/C18H31NO/c1-6-12-19-18(15(4)11-13-20-5)17-9-7-16(8-10-17)14(2)3/h7-10,14-15,18-19H,6,11-13H2,1-5H3. The summed E-state index contributed by atoms with van der Waals surface area (Å²) in [6.45, 7) is 10.9. The molecular weight excluding hydrogens is 246 g/mol. The molecule has 2 nitrogen and oxygen atoms in total. The maximum atomic E-state index is 5.23. The van der Waals surface area contributed by atoms with Gasteiger partial charge in [-0.1, -0.05) is 52.0 Å². The summed E-state index contributed by atoms with van der Waals surface area (Å²) in [5.41, 5.74) is 2.80. The van der Waals surface area contributed by atoms with E-state index in [1.54, 1.807) is 7.11 Å². The second-order valence-electron chi connectivity index (χ2n) is 6.01. The molecule has 0 aliphatic carbocycles. The zero-order chi connectivity index (χ0) is 15.0. The van der Waals surface area contributed by atoms with Crippen LogP contribution < -0.4 is 5.32 Å². The van der Waals surface area contributed by atoms with E-state index in [9.17, 15) is 0 Å². The molecule has 0 spiro atoms. The molecule has 114 valence electrons. The van der Waals surface area contributed by atoms with Crippen molar-refractivity contribution >= 4 is 0 Å². The minimum atomic E-state index is 0.423. The van der Waals surface area contributed by atoms with Crippen LogP contribution >= 0.6 is 0 Å². The molecule has 2 heteroatoms. The fourth-order valence-electron chi connectivity index (χ4n) is 2.51. The molecule has 0 saturated heterocycles. The highest BCUT2D eigenvalue weighted by Gasteiger charge is 2.18. The van der Waals surface area contributed by atoms with Gasteiger partial charge in [-0.15, -0.1) is 0 Å². The van der Waals surface area contributed by atoms with Crippen molar-refractivity contribution in [2.75, 3.05) is 20.3 Å². The van der Waals surface area contributed by atoms with Crippen molar-refractivity contribution in [1.29, 1.82) is 0 Å². The van der Waals surface area contributed by atoms with Crippen LogP contribution in [0.1, 0.15) is 63.6 Å². The van der Waals surface area contributed by atoms with Crippen molar-refractivity contribution in [3.63, 3.8) is 0 Å². The molecule has 0 aliphatic rings. The van der Waals surface area contributed by atoms with Crippen molar-refractivity contribution in [1.82, 2.24) is 5.32 Å². The Labute approximate surface area is 124 Å². The number of hydrogen-bond acceptors (Lipinski definition) is 2. The summed E-state index contributed by atoms with van der Waals surface area (Å²) >= 11 is 0. The molecule has 0 fully saturated rings. The minimum absolute atomic E-state index is 0.423. The summed E-state index contributed by atoms with van der Waals surface area (Å²) in [6.07, 6.45) is 2.25. The monoisotopic (exact) mass is 277 g/mol. The lowest BCUT2D eigenvalue weighted by atomic mass is 9.90. The van der Waals surface area contributed by atoms with Crippen LogP contribution in [0.4, 0.5) is 0 Å². The SMILES string of the molecule is CCCNC(c1ccc(C(C)C)cc1)C(C)CCOC. The quantitative estimate of drug-likeness (QED) is 0.716. The van der Waals surface area contributed by atoms with Crippen molar-refractivity contribution in [2.24, 2.45) is 5.92 Å². The van der Waals surface area contributed by atoms with Gasteiger partial charge in [-0.2, -0.15) is 0 Å². The molecule has 0 aromatic heterocycles. The summed E-state index contributed by atoms with van der Waals surface area (Å²) in [4.78, 5) is 0. The Morgan fingerprint density at radius 3 is 2.15 bits per heavy atom. The Hall–Kier alpha value is -0.860. The maximum absolute atomic E-state index is 5.23. The molecule has 2 atom stereocenters. The average Bonchev–Trinajstić information content (AvgIpc) is 2.46. The van der Waals surface area contributed by atoms with Crippen molar-refractivity contribution in [2.45, 2.75) is 52.5 Å². The highest BCUT2D eigenvalue weighted by Crippen LogP contribution is 2.26. The first kappa shape index (κ1) is 17.2. The van der Waals surface area contributed by atoms with Crippen LogP contribution in [0.3, 0.4) is 0 Å². The Bertz CT molecular complexity index is 358. The molecule has 0 radical (unpaired) electrons. The van der Waals surface area contributed by atoms with Gasteiger partial charge in [0.15, 0.2) is 0 Å². The number of hydrogen-bond donors (Lipinski definition) is 1. The van der Waals surface area contributed by atoms with Crippen LogP contribution in [0.25, 0.3) is 0 Å². The van der Waals surface area contributed by atoms with E-state index in [-0.39, 0.29) is 0 Å². The first-order valence-corrected chi connectivity index (χ1v) is 7.92. The van der Waals surface area contributed by atoms with E-state index < -0.39 is 0 Å². The Morgan fingerprint density at radius 2 is 1.65 bits per heavy atom. The Balaban J connectivity index is 2.80.